The van der Waals surface area contributed by atoms with Crippen LogP contribution in [0.2, 0.25) is 0 Å². The maximum Gasteiger partial charge on any atom is 0.416 e. The molecule has 0 aliphatic carbocycles. The SMILES string of the molecule is NCCNCC[C@@](N)(CN(C=O)CCN)C(=O)N[C@@H](CCc1ccccc1)C(=O)Nc1cccc(C(F)(F)F)c1. The highest BCUT2D eigenvalue weighted by atomic mass is 19.4. The van der Waals surface area contributed by atoms with Gasteiger partial charge in [0.15, 0.2) is 0 Å². The first-order valence-electron chi connectivity index (χ1n) is 12.9. The van der Waals surface area contributed by atoms with Crippen molar-refractivity contribution in [2.45, 2.75) is 37.0 Å². The fourth-order valence-corrected chi connectivity index (χ4v) is 4.03. The molecule has 220 valence electrons. The molecule has 2 atom stereocenters. The molecule has 0 bridgehead atoms. The van der Waals surface area contributed by atoms with Crippen LogP contribution in [0.1, 0.15) is 24.0 Å². The summed E-state index contributed by atoms with van der Waals surface area (Å²) in [5.74, 6) is -1.40. The smallest absolute Gasteiger partial charge is 0.343 e. The molecule has 0 saturated heterocycles. The summed E-state index contributed by atoms with van der Waals surface area (Å²) in [6.07, 6.45) is -3.41. The summed E-state index contributed by atoms with van der Waals surface area (Å²) >= 11 is 0. The molecule has 2 rings (SSSR count). The Hall–Kier alpha value is -3.52. The predicted molar refractivity (Wildman–Crippen MR) is 147 cm³/mol. The standard InChI is InChI=1S/C27H38F3N7O3/c28-27(29,30)21-7-4-8-22(17-21)35-24(39)23(10-9-20-5-2-1-3-6-20)36-25(40)26(33,11-14-34-15-12-31)18-37(19-38)16-13-32/h1-8,17,19,23,34H,9-16,18,31-33H2,(H,35,39)(H,36,40)/t23-,26+/m0/s1. The molecule has 0 aliphatic rings. The monoisotopic (exact) mass is 565 g/mol. The Morgan fingerprint density at radius 3 is 2.35 bits per heavy atom. The summed E-state index contributed by atoms with van der Waals surface area (Å²) in [5, 5.41) is 8.21. The number of aryl methyl sites for hydroxylation is 1. The van der Waals surface area contributed by atoms with Crippen molar-refractivity contribution in [3.05, 3.63) is 65.7 Å². The van der Waals surface area contributed by atoms with Gasteiger partial charge in [0.2, 0.25) is 18.2 Å². The van der Waals surface area contributed by atoms with Crippen LogP contribution in [0.5, 0.6) is 0 Å². The first kappa shape index (κ1) is 32.7. The number of nitrogens with one attached hydrogen (secondary N) is 3. The molecular formula is C27H38F3N7O3. The maximum atomic E-state index is 13.6. The van der Waals surface area contributed by atoms with Gasteiger partial charge in [-0.3, -0.25) is 14.4 Å². The van der Waals surface area contributed by atoms with E-state index >= 15 is 0 Å². The second kappa shape index (κ2) is 15.9. The van der Waals surface area contributed by atoms with Gasteiger partial charge in [-0.15, -0.1) is 0 Å². The third-order valence-corrected chi connectivity index (χ3v) is 6.22. The van der Waals surface area contributed by atoms with E-state index in [4.69, 9.17) is 17.2 Å². The normalized spacial score (nSPS) is 13.7. The number of rotatable bonds is 17. The van der Waals surface area contributed by atoms with Crippen LogP contribution >= 0.6 is 0 Å². The third kappa shape index (κ3) is 10.6. The number of carbonyl (C=O) groups excluding carboxylic acids is 3. The molecule has 0 saturated carbocycles. The lowest BCUT2D eigenvalue weighted by Crippen LogP contribution is -2.63. The van der Waals surface area contributed by atoms with E-state index in [9.17, 15) is 27.6 Å². The fraction of sp³-hybridized carbons (Fsp3) is 0.444. The van der Waals surface area contributed by atoms with Crippen molar-refractivity contribution in [1.82, 2.24) is 15.5 Å². The average molecular weight is 566 g/mol. The zero-order chi connectivity index (χ0) is 29.6. The Balaban J connectivity index is 2.29. The number of benzene rings is 2. The summed E-state index contributed by atoms with van der Waals surface area (Å²) in [7, 11) is 0. The van der Waals surface area contributed by atoms with Gasteiger partial charge in [-0.1, -0.05) is 36.4 Å². The zero-order valence-electron chi connectivity index (χ0n) is 22.3. The van der Waals surface area contributed by atoms with E-state index in [0.29, 0.717) is 32.5 Å². The molecule has 0 spiro atoms. The lowest BCUT2D eigenvalue weighted by molar-refractivity contribution is -0.137. The van der Waals surface area contributed by atoms with Gasteiger partial charge in [0.1, 0.15) is 11.6 Å². The number of nitrogens with zero attached hydrogens (tertiary/aromatic N) is 1. The highest BCUT2D eigenvalue weighted by molar-refractivity contribution is 5.98. The van der Waals surface area contributed by atoms with Crippen LogP contribution in [0.25, 0.3) is 0 Å². The summed E-state index contributed by atoms with van der Waals surface area (Å²) < 4.78 is 39.5. The van der Waals surface area contributed by atoms with Crippen LogP contribution in [0.15, 0.2) is 54.6 Å². The minimum absolute atomic E-state index is 0.0705. The minimum Gasteiger partial charge on any atom is -0.343 e. The van der Waals surface area contributed by atoms with Gasteiger partial charge in [0.25, 0.3) is 0 Å². The molecule has 0 unspecified atom stereocenters. The van der Waals surface area contributed by atoms with Crippen LogP contribution in [-0.4, -0.2) is 74.0 Å². The first-order chi connectivity index (χ1) is 19.0. The van der Waals surface area contributed by atoms with Gasteiger partial charge in [0, 0.05) is 38.4 Å². The zero-order valence-corrected chi connectivity index (χ0v) is 22.3. The van der Waals surface area contributed by atoms with Crippen molar-refractivity contribution < 1.29 is 27.6 Å². The lowest BCUT2D eigenvalue weighted by Gasteiger charge is -2.34. The molecule has 10 nitrogen and oxygen atoms in total. The second-order valence-corrected chi connectivity index (χ2v) is 9.43. The summed E-state index contributed by atoms with van der Waals surface area (Å²) in [4.78, 5) is 39.7. The Bertz CT molecular complexity index is 1090. The minimum atomic E-state index is -4.59. The van der Waals surface area contributed by atoms with E-state index in [-0.39, 0.29) is 38.2 Å². The summed E-state index contributed by atoms with van der Waals surface area (Å²) in [6, 6.07) is 12.3. The van der Waals surface area contributed by atoms with Gasteiger partial charge < -0.3 is 38.1 Å². The molecule has 0 fully saturated rings. The van der Waals surface area contributed by atoms with E-state index in [1.165, 1.54) is 17.0 Å². The second-order valence-electron chi connectivity index (χ2n) is 9.43. The van der Waals surface area contributed by atoms with Gasteiger partial charge >= 0.3 is 6.18 Å². The molecule has 2 aromatic rings. The van der Waals surface area contributed by atoms with Crippen molar-refractivity contribution in [2.75, 3.05) is 44.6 Å². The topological polar surface area (TPSA) is 169 Å². The van der Waals surface area contributed by atoms with E-state index in [1.54, 1.807) is 0 Å². The molecule has 0 heterocycles. The number of hydrogen-bond acceptors (Lipinski definition) is 7. The molecule has 0 aliphatic heterocycles. The van der Waals surface area contributed by atoms with Crippen molar-refractivity contribution in [3.8, 4) is 0 Å². The highest BCUT2D eigenvalue weighted by Crippen LogP contribution is 2.30. The van der Waals surface area contributed by atoms with Gasteiger partial charge in [-0.2, -0.15) is 13.2 Å². The fourth-order valence-electron chi connectivity index (χ4n) is 4.03. The third-order valence-electron chi connectivity index (χ3n) is 6.22. The van der Waals surface area contributed by atoms with Gasteiger partial charge in [-0.25, -0.2) is 0 Å². The predicted octanol–water partition coefficient (Wildman–Crippen LogP) is 0.815. The van der Waals surface area contributed by atoms with E-state index < -0.39 is 35.1 Å². The van der Waals surface area contributed by atoms with Gasteiger partial charge in [-0.05, 0) is 49.6 Å². The Morgan fingerprint density at radius 1 is 1.00 bits per heavy atom. The van der Waals surface area contributed by atoms with E-state index in [1.807, 2.05) is 30.3 Å². The van der Waals surface area contributed by atoms with Crippen molar-refractivity contribution in [1.29, 1.82) is 0 Å². The molecule has 0 aromatic heterocycles. The van der Waals surface area contributed by atoms with E-state index in [0.717, 1.165) is 17.7 Å². The van der Waals surface area contributed by atoms with Crippen LogP contribution in [0, 0.1) is 0 Å². The number of hydrogen-bond donors (Lipinski definition) is 6. The lowest BCUT2D eigenvalue weighted by atomic mass is 9.93. The molecule has 2 aromatic carbocycles. The summed E-state index contributed by atoms with van der Waals surface area (Å²) in [6.45, 7) is 1.32. The molecule has 3 amide bonds. The van der Waals surface area contributed by atoms with Crippen molar-refractivity contribution in [2.24, 2.45) is 17.2 Å². The number of amides is 3. The molecule has 0 radical (unpaired) electrons. The van der Waals surface area contributed by atoms with E-state index in [2.05, 4.69) is 16.0 Å². The Kier molecular flexibility index (Phi) is 13.0. The molecule has 13 heteroatoms. The number of alkyl halides is 3. The van der Waals surface area contributed by atoms with Crippen LogP contribution in [-0.2, 0) is 27.0 Å². The van der Waals surface area contributed by atoms with Crippen molar-refractivity contribution >= 4 is 23.9 Å². The largest absolute Gasteiger partial charge is 0.416 e. The average Bonchev–Trinajstić information content (AvgIpc) is 2.93. The molecular weight excluding hydrogens is 527 g/mol. The number of nitrogens with two attached hydrogens (primary N) is 3. The molecule has 40 heavy (non-hydrogen) atoms. The highest BCUT2D eigenvalue weighted by Gasteiger charge is 2.38. The van der Waals surface area contributed by atoms with Crippen LogP contribution < -0.4 is 33.2 Å². The summed E-state index contributed by atoms with van der Waals surface area (Å²) in [5.41, 5.74) is 15.9. The van der Waals surface area contributed by atoms with Crippen molar-refractivity contribution in [3.63, 3.8) is 0 Å². The Morgan fingerprint density at radius 2 is 1.73 bits per heavy atom. The molecule has 9 N–H and O–H groups in total. The Labute approximate surface area is 231 Å². The van der Waals surface area contributed by atoms with Gasteiger partial charge in [0.05, 0.1) is 5.56 Å². The maximum absolute atomic E-state index is 13.6. The first-order valence-corrected chi connectivity index (χ1v) is 12.9. The number of carbonyl (C=O) groups is 3. The number of anilines is 1. The van der Waals surface area contributed by atoms with Crippen LogP contribution in [0.4, 0.5) is 18.9 Å². The van der Waals surface area contributed by atoms with Crippen LogP contribution in [0.3, 0.4) is 0 Å². The quantitative estimate of drug-likeness (QED) is 0.122. The number of halogens is 3.